The molecule has 0 aliphatic carbocycles. The van der Waals surface area contributed by atoms with Gasteiger partial charge in [0.15, 0.2) is 5.96 Å². The highest BCUT2D eigenvalue weighted by Gasteiger charge is 2.04. The number of nitrogens with one attached hydrogen (secondary N) is 2. The molecular formula is C18H18Cl2N6. The Morgan fingerprint density at radius 3 is 2.50 bits per heavy atom. The van der Waals surface area contributed by atoms with E-state index in [4.69, 9.17) is 23.2 Å². The Bertz CT molecular complexity index is 875. The minimum Gasteiger partial charge on any atom is -0.352 e. The number of aromatic nitrogens is 3. The molecule has 0 bridgehead atoms. The Morgan fingerprint density at radius 1 is 1.08 bits per heavy atom. The molecule has 2 aromatic carbocycles. The molecule has 0 saturated carbocycles. The van der Waals surface area contributed by atoms with Gasteiger partial charge in [0.1, 0.15) is 12.7 Å². The summed E-state index contributed by atoms with van der Waals surface area (Å²) in [5.74, 6) is 0.691. The molecule has 6 nitrogen and oxygen atoms in total. The van der Waals surface area contributed by atoms with Gasteiger partial charge in [0, 0.05) is 30.2 Å². The molecule has 1 heterocycles. The average molecular weight is 389 g/mol. The van der Waals surface area contributed by atoms with Gasteiger partial charge in [-0.15, -0.1) is 0 Å². The molecule has 0 amide bonds. The maximum absolute atomic E-state index is 6.19. The van der Waals surface area contributed by atoms with E-state index in [1.54, 1.807) is 24.1 Å². The van der Waals surface area contributed by atoms with Gasteiger partial charge >= 0.3 is 0 Å². The first-order valence-electron chi connectivity index (χ1n) is 7.98. The number of hydrogen-bond acceptors (Lipinski definition) is 3. The predicted molar refractivity (Wildman–Crippen MR) is 105 cm³/mol. The first kappa shape index (κ1) is 18.2. The van der Waals surface area contributed by atoms with Crippen molar-refractivity contribution < 1.29 is 0 Å². The Kier molecular flexibility index (Phi) is 6.09. The van der Waals surface area contributed by atoms with Crippen molar-refractivity contribution in [2.45, 2.75) is 13.1 Å². The molecule has 0 aliphatic heterocycles. The highest BCUT2D eigenvalue weighted by molar-refractivity contribution is 6.35. The van der Waals surface area contributed by atoms with Crippen LogP contribution in [-0.2, 0) is 13.1 Å². The van der Waals surface area contributed by atoms with Gasteiger partial charge in [-0.3, -0.25) is 4.99 Å². The molecule has 0 fully saturated rings. The molecule has 134 valence electrons. The van der Waals surface area contributed by atoms with E-state index >= 15 is 0 Å². The first-order chi connectivity index (χ1) is 12.7. The third-order valence-corrected chi connectivity index (χ3v) is 4.35. The lowest BCUT2D eigenvalue weighted by atomic mass is 10.2. The van der Waals surface area contributed by atoms with Crippen molar-refractivity contribution in [3.63, 3.8) is 0 Å². The van der Waals surface area contributed by atoms with Crippen molar-refractivity contribution in [2.75, 3.05) is 7.05 Å². The van der Waals surface area contributed by atoms with Crippen molar-refractivity contribution in [1.82, 2.24) is 25.4 Å². The van der Waals surface area contributed by atoms with Gasteiger partial charge in [0.05, 0.1) is 5.69 Å². The smallest absolute Gasteiger partial charge is 0.191 e. The summed E-state index contributed by atoms with van der Waals surface area (Å²) >= 11 is 12.1. The molecular weight excluding hydrogens is 371 g/mol. The van der Waals surface area contributed by atoms with Crippen LogP contribution < -0.4 is 10.6 Å². The normalized spacial score (nSPS) is 11.4. The molecule has 0 radical (unpaired) electrons. The summed E-state index contributed by atoms with van der Waals surface area (Å²) in [6, 6.07) is 13.5. The Balaban J connectivity index is 1.54. The van der Waals surface area contributed by atoms with Gasteiger partial charge in [0.2, 0.25) is 0 Å². The second-order valence-corrected chi connectivity index (χ2v) is 6.37. The molecule has 1 aromatic heterocycles. The van der Waals surface area contributed by atoms with E-state index in [0.717, 1.165) is 16.8 Å². The minimum absolute atomic E-state index is 0.556. The van der Waals surface area contributed by atoms with Crippen molar-refractivity contribution in [3.05, 3.63) is 76.3 Å². The van der Waals surface area contributed by atoms with Crippen molar-refractivity contribution in [1.29, 1.82) is 0 Å². The monoisotopic (exact) mass is 388 g/mol. The van der Waals surface area contributed by atoms with Crippen molar-refractivity contribution >= 4 is 29.2 Å². The maximum Gasteiger partial charge on any atom is 0.191 e. The van der Waals surface area contributed by atoms with Crippen LogP contribution in [0.4, 0.5) is 0 Å². The largest absolute Gasteiger partial charge is 0.352 e. The van der Waals surface area contributed by atoms with Gasteiger partial charge in [-0.05, 0) is 35.4 Å². The SMILES string of the molecule is CN=C(NCc1ccc(-n2cncn2)cc1)NCc1ccc(Cl)cc1Cl. The fourth-order valence-electron chi connectivity index (χ4n) is 2.36. The van der Waals surface area contributed by atoms with Crippen LogP contribution >= 0.6 is 23.2 Å². The fourth-order valence-corrected chi connectivity index (χ4v) is 2.83. The number of aliphatic imine (C=N–C) groups is 1. The van der Waals surface area contributed by atoms with E-state index in [1.807, 2.05) is 36.4 Å². The fraction of sp³-hybridized carbons (Fsp3) is 0.167. The van der Waals surface area contributed by atoms with Gasteiger partial charge < -0.3 is 10.6 Å². The van der Waals surface area contributed by atoms with E-state index in [9.17, 15) is 0 Å². The van der Waals surface area contributed by atoms with Crippen molar-refractivity contribution in [2.24, 2.45) is 4.99 Å². The molecule has 0 aliphatic rings. The third-order valence-electron chi connectivity index (χ3n) is 3.76. The zero-order chi connectivity index (χ0) is 18.4. The number of guanidine groups is 1. The Hall–Kier alpha value is -2.57. The van der Waals surface area contributed by atoms with Gasteiger partial charge in [-0.2, -0.15) is 5.10 Å². The van der Waals surface area contributed by atoms with Crippen LogP contribution in [0, 0.1) is 0 Å². The van der Waals surface area contributed by atoms with Gasteiger partial charge in [-0.25, -0.2) is 9.67 Å². The Labute approximate surface area is 161 Å². The van der Waals surface area contributed by atoms with Crippen LogP contribution in [0.3, 0.4) is 0 Å². The summed E-state index contributed by atoms with van der Waals surface area (Å²) in [5.41, 5.74) is 3.05. The first-order valence-corrected chi connectivity index (χ1v) is 8.73. The molecule has 8 heteroatoms. The summed E-state index contributed by atoms with van der Waals surface area (Å²) < 4.78 is 1.72. The highest BCUT2D eigenvalue weighted by atomic mass is 35.5. The molecule has 3 aromatic rings. The summed E-state index contributed by atoms with van der Waals surface area (Å²) in [7, 11) is 1.73. The van der Waals surface area contributed by atoms with E-state index in [2.05, 4.69) is 25.7 Å². The predicted octanol–water partition coefficient (Wildman–Crippen LogP) is 3.44. The molecule has 26 heavy (non-hydrogen) atoms. The van der Waals surface area contributed by atoms with Crippen molar-refractivity contribution in [3.8, 4) is 5.69 Å². The molecule has 0 saturated heterocycles. The number of hydrogen-bond donors (Lipinski definition) is 2. The lowest BCUT2D eigenvalue weighted by Gasteiger charge is -2.13. The van der Waals surface area contributed by atoms with Gasteiger partial charge in [-0.1, -0.05) is 41.4 Å². The van der Waals surface area contributed by atoms with E-state index in [-0.39, 0.29) is 0 Å². The zero-order valence-electron chi connectivity index (χ0n) is 14.2. The van der Waals surface area contributed by atoms with E-state index in [1.165, 1.54) is 6.33 Å². The lowest BCUT2D eigenvalue weighted by Crippen LogP contribution is -2.36. The second kappa shape index (κ2) is 8.69. The topological polar surface area (TPSA) is 67.1 Å². The third kappa shape index (κ3) is 4.74. The van der Waals surface area contributed by atoms with Crippen LogP contribution in [0.2, 0.25) is 10.0 Å². The standard InChI is InChI=1S/C18H18Cl2N6/c1-21-18(24-10-14-4-5-15(19)8-17(14)20)23-9-13-2-6-16(7-3-13)26-12-22-11-25-26/h2-8,11-12H,9-10H2,1H3,(H2,21,23,24). The number of halogens is 2. The van der Waals surface area contributed by atoms with Crippen LogP contribution in [0.25, 0.3) is 5.69 Å². The molecule has 2 N–H and O–H groups in total. The van der Waals surface area contributed by atoms with Crippen LogP contribution in [0.1, 0.15) is 11.1 Å². The zero-order valence-corrected chi connectivity index (χ0v) is 15.7. The van der Waals surface area contributed by atoms with Gasteiger partial charge in [0.25, 0.3) is 0 Å². The second-order valence-electron chi connectivity index (χ2n) is 5.52. The highest BCUT2D eigenvalue weighted by Crippen LogP contribution is 2.20. The molecule has 0 atom stereocenters. The summed E-state index contributed by atoms with van der Waals surface area (Å²) in [6.07, 6.45) is 3.18. The number of nitrogens with zero attached hydrogens (tertiary/aromatic N) is 4. The summed E-state index contributed by atoms with van der Waals surface area (Å²) in [4.78, 5) is 8.17. The molecule has 3 rings (SSSR count). The average Bonchev–Trinajstić information content (AvgIpc) is 3.18. The Morgan fingerprint density at radius 2 is 1.85 bits per heavy atom. The minimum atomic E-state index is 0.556. The molecule has 0 unspecified atom stereocenters. The number of rotatable bonds is 5. The van der Waals surface area contributed by atoms with Crippen LogP contribution in [-0.4, -0.2) is 27.8 Å². The van der Waals surface area contributed by atoms with Crippen LogP contribution in [0.5, 0.6) is 0 Å². The quantitative estimate of drug-likeness (QED) is 0.518. The van der Waals surface area contributed by atoms with Crippen LogP contribution in [0.15, 0.2) is 60.1 Å². The summed E-state index contributed by atoms with van der Waals surface area (Å²) in [6.45, 7) is 1.20. The number of benzene rings is 2. The van der Waals surface area contributed by atoms with E-state index in [0.29, 0.717) is 29.1 Å². The maximum atomic E-state index is 6.19. The molecule has 0 spiro atoms. The summed E-state index contributed by atoms with van der Waals surface area (Å²) in [5, 5.41) is 11.9. The van der Waals surface area contributed by atoms with E-state index < -0.39 is 0 Å². The lowest BCUT2D eigenvalue weighted by molar-refractivity contribution is 0.808.